The van der Waals surface area contributed by atoms with Crippen molar-refractivity contribution in [3.63, 3.8) is 0 Å². The lowest BCUT2D eigenvalue weighted by Gasteiger charge is -2.32. The number of rotatable bonds is 4. The molecule has 0 saturated heterocycles. The molecule has 0 aliphatic heterocycles. The molecule has 98 valence electrons. The highest BCUT2D eigenvalue weighted by molar-refractivity contribution is 5.30. The zero-order valence-electron chi connectivity index (χ0n) is 11.7. The van der Waals surface area contributed by atoms with Crippen molar-refractivity contribution >= 4 is 0 Å². The van der Waals surface area contributed by atoms with Crippen LogP contribution in [-0.4, -0.2) is 6.54 Å². The minimum atomic E-state index is 0.589. The number of nitrogens with one attached hydrogen (secondary N) is 1. The van der Waals surface area contributed by atoms with Gasteiger partial charge in [-0.05, 0) is 61.6 Å². The Morgan fingerprint density at radius 2 is 2.06 bits per heavy atom. The highest BCUT2D eigenvalue weighted by Crippen LogP contribution is 2.52. The van der Waals surface area contributed by atoms with E-state index in [0.29, 0.717) is 6.04 Å². The molecule has 4 unspecified atom stereocenters. The predicted octanol–water partition coefficient (Wildman–Crippen LogP) is 4.08. The van der Waals surface area contributed by atoms with Gasteiger partial charge in [-0.1, -0.05) is 37.6 Å². The summed E-state index contributed by atoms with van der Waals surface area (Å²) in [6.45, 7) is 5.57. The van der Waals surface area contributed by atoms with Crippen LogP contribution in [0.15, 0.2) is 24.3 Å². The summed E-state index contributed by atoms with van der Waals surface area (Å²) in [7, 11) is 0. The minimum absolute atomic E-state index is 0.589. The van der Waals surface area contributed by atoms with E-state index < -0.39 is 0 Å². The molecule has 2 saturated carbocycles. The van der Waals surface area contributed by atoms with Gasteiger partial charge in [-0.3, -0.25) is 0 Å². The Labute approximate surface area is 111 Å². The van der Waals surface area contributed by atoms with Crippen LogP contribution in [0.4, 0.5) is 0 Å². The first-order valence-electron chi connectivity index (χ1n) is 7.58. The average molecular weight is 243 g/mol. The van der Waals surface area contributed by atoms with E-state index in [2.05, 4.69) is 43.4 Å². The SMILES string of the molecule is CCNC(c1ccccc1C)C1CC2CCC1C2. The van der Waals surface area contributed by atoms with Gasteiger partial charge in [0.1, 0.15) is 0 Å². The van der Waals surface area contributed by atoms with Gasteiger partial charge in [-0.15, -0.1) is 0 Å². The maximum atomic E-state index is 3.77. The van der Waals surface area contributed by atoms with E-state index in [1.165, 1.54) is 36.8 Å². The molecule has 2 aliphatic rings. The third kappa shape index (κ3) is 2.09. The lowest BCUT2D eigenvalue weighted by molar-refractivity contribution is 0.252. The van der Waals surface area contributed by atoms with Gasteiger partial charge >= 0.3 is 0 Å². The maximum absolute atomic E-state index is 3.77. The van der Waals surface area contributed by atoms with E-state index in [0.717, 1.165) is 24.3 Å². The second-order valence-corrected chi connectivity index (χ2v) is 6.23. The molecular weight excluding hydrogens is 218 g/mol. The van der Waals surface area contributed by atoms with Crippen LogP contribution in [0.1, 0.15) is 49.8 Å². The van der Waals surface area contributed by atoms with E-state index in [9.17, 15) is 0 Å². The van der Waals surface area contributed by atoms with Crippen molar-refractivity contribution < 1.29 is 0 Å². The molecule has 0 spiro atoms. The van der Waals surface area contributed by atoms with Crippen molar-refractivity contribution in [3.8, 4) is 0 Å². The fraction of sp³-hybridized carbons (Fsp3) is 0.647. The zero-order chi connectivity index (χ0) is 12.5. The van der Waals surface area contributed by atoms with Crippen molar-refractivity contribution in [2.45, 2.75) is 45.6 Å². The largest absolute Gasteiger partial charge is 0.310 e. The van der Waals surface area contributed by atoms with Gasteiger partial charge in [-0.25, -0.2) is 0 Å². The van der Waals surface area contributed by atoms with E-state index in [1.54, 1.807) is 0 Å². The Morgan fingerprint density at radius 1 is 1.22 bits per heavy atom. The molecule has 3 rings (SSSR count). The van der Waals surface area contributed by atoms with Crippen LogP contribution in [-0.2, 0) is 0 Å². The molecule has 0 amide bonds. The van der Waals surface area contributed by atoms with Gasteiger partial charge in [0.2, 0.25) is 0 Å². The normalized spacial score (nSPS) is 31.8. The fourth-order valence-electron chi connectivity index (χ4n) is 4.35. The van der Waals surface area contributed by atoms with Gasteiger partial charge < -0.3 is 5.32 Å². The topological polar surface area (TPSA) is 12.0 Å². The monoisotopic (exact) mass is 243 g/mol. The first-order chi connectivity index (χ1) is 8.79. The first kappa shape index (κ1) is 12.2. The van der Waals surface area contributed by atoms with Crippen molar-refractivity contribution in [3.05, 3.63) is 35.4 Å². The Hall–Kier alpha value is -0.820. The summed E-state index contributed by atoms with van der Waals surface area (Å²) in [5.74, 6) is 2.90. The third-order valence-corrected chi connectivity index (χ3v) is 5.17. The molecule has 18 heavy (non-hydrogen) atoms. The molecule has 1 N–H and O–H groups in total. The minimum Gasteiger partial charge on any atom is -0.310 e. The second kappa shape index (κ2) is 5.05. The van der Waals surface area contributed by atoms with Crippen molar-refractivity contribution in [1.29, 1.82) is 0 Å². The highest BCUT2D eigenvalue weighted by Gasteiger charge is 2.43. The quantitative estimate of drug-likeness (QED) is 0.840. The summed E-state index contributed by atoms with van der Waals surface area (Å²) < 4.78 is 0. The summed E-state index contributed by atoms with van der Waals surface area (Å²) >= 11 is 0. The van der Waals surface area contributed by atoms with E-state index in [1.807, 2.05) is 0 Å². The summed E-state index contributed by atoms with van der Waals surface area (Å²) in [4.78, 5) is 0. The molecule has 0 aromatic heterocycles. The van der Waals surface area contributed by atoms with Gasteiger partial charge in [0.15, 0.2) is 0 Å². The number of aryl methyl sites for hydroxylation is 1. The molecule has 0 radical (unpaired) electrons. The lowest BCUT2D eigenvalue weighted by atomic mass is 9.79. The van der Waals surface area contributed by atoms with Crippen LogP contribution in [0.2, 0.25) is 0 Å². The van der Waals surface area contributed by atoms with Crippen molar-refractivity contribution in [1.82, 2.24) is 5.32 Å². The van der Waals surface area contributed by atoms with Crippen LogP contribution in [0.5, 0.6) is 0 Å². The highest BCUT2D eigenvalue weighted by atomic mass is 14.9. The Bertz CT molecular complexity index is 412. The van der Waals surface area contributed by atoms with Gasteiger partial charge in [0, 0.05) is 6.04 Å². The Balaban J connectivity index is 1.86. The van der Waals surface area contributed by atoms with Crippen LogP contribution in [0.25, 0.3) is 0 Å². The van der Waals surface area contributed by atoms with Crippen LogP contribution in [0.3, 0.4) is 0 Å². The molecule has 1 aromatic rings. The summed E-state index contributed by atoms with van der Waals surface area (Å²) in [5.41, 5.74) is 2.99. The van der Waals surface area contributed by atoms with Crippen LogP contribution in [0, 0.1) is 24.7 Å². The number of fused-ring (bicyclic) bond motifs is 2. The molecule has 1 heteroatoms. The molecular formula is C17H25N. The molecule has 4 atom stereocenters. The van der Waals surface area contributed by atoms with E-state index in [-0.39, 0.29) is 0 Å². The van der Waals surface area contributed by atoms with Crippen LogP contribution < -0.4 is 5.32 Å². The molecule has 0 heterocycles. The molecule has 2 aliphatic carbocycles. The summed E-state index contributed by atoms with van der Waals surface area (Å²) in [6, 6.07) is 9.52. The number of hydrogen-bond acceptors (Lipinski definition) is 1. The lowest BCUT2D eigenvalue weighted by Crippen LogP contribution is -2.31. The fourth-order valence-corrected chi connectivity index (χ4v) is 4.35. The van der Waals surface area contributed by atoms with E-state index >= 15 is 0 Å². The number of benzene rings is 1. The summed E-state index contributed by atoms with van der Waals surface area (Å²) in [5, 5.41) is 3.77. The third-order valence-electron chi connectivity index (χ3n) is 5.17. The smallest absolute Gasteiger partial charge is 0.0353 e. The average Bonchev–Trinajstić information content (AvgIpc) is 2.99. The van der Waals surface area contributed by atoms with E-state index in [4.69, 9.17) is 0 Å². The first-order valence-corrected chi connectivity index (χ1v) is 7.58. The molecule has 2 bridgehead atoms. The standard InChI is InChI=1S/C17H25N/c1-3-18-17(15-7-5-4-6-12(15)2)16-11-13-8-9-14(16)10-13/h4-7,13-14,16-18H,3,8-11H2,1-2H3. The van der Waals surface area contributed by atoms with Crippen LogP contribution >= 0.6 is 0 Å². The second-order valence-electron chi connectivity index (χ2n) is 6.23. The zero-order valence-corrected chi connectivity index (χ0v) is 11.7. The maximum Gasteiger partial charge on any atom is 0.0353 e. The van der Waals surface area contributed by atoms with Gasteiger partial charge in [-0.2, -0.15) is 0 Å². The van der Waals surface area contributed by atoms with Gasteiger partial charge in [0.25, 0.3) is 0 Å². The summed E-state index contributed by atoms with van der Waals surface area (Å²) in [6.07, 6.45) is 5.92. The Morgan fingerprint density at radius 3 is 2.67 bits per heavy atom. The predicted molar refractivity (Wildman–Crippen MR) is 76.5 cm³/mol. The molecule has 1 nitrogen and oxygen atoms in total. The molecule has 2 fully saturated rings. The van der Waals surface area contributed by atoms with Gasteiger partial charge in [0.05, 0.1) is 0 Å². The Kier molecular flexibility index (Phi) is 3.43. The molecule has 1 aromatic carbocycles. The van der Waals surface area contributed by atoms with Crippen molar-refractivity contribution in [2.75, 3.05) is 6.54 Å². The van der Waals surface area contributed by atoms with Crippen molar-refractivity contribution in [2.24, 2.45) is 17.8 Å². The number of hydrogen-bond donors (Lipinski definition) is 1.